The summed E-state index contributed by atoms with van der Waals surface area (Å²) < 4.78 is 6.20. The molecule has 0 fully saturated rings. The molecular formula is C34H37ClN2O2S. The normalized spacial score (nSPS) is 15.4. The predicted molar refractivity (Wildman–Crippen MR) is 170 cm³/mol. The highest BCUT2D eigenvalue weighted by Crippen LogP contribution is 2.45. The van der Waals surface area contributed by atoms with Crippen LogP contribution in [0.5, 0.6) is 5.75 Å². The van der Waals surface area contributed by atoms with Gasteiger partial charge in [-0.2, -0.15) is 0 Å². The number of carbonyl (C=O) groups excluding carboxylic acids is 1. The molecule has 1 aliphatic rings. The molecule has 1 heterocycles. The van der Waals surface area contributed by atoms with Crippen molar-refractivity contribution >= 4 is 56.5 Å². The van der Waals surface area contributed by atoms with Crippen molar-refractivity contribution in [2.45, 2.75) is 59.8 Å². The summed E-state index contributed by atoms with van der Waals surface area (Å²) in [7, 11) is 0. The average molecular weight is 573 g/mol. The molecule has 1 N–H and O–H groups in total. The maximum atomic E-state index is 13.8. The summed E-state index contributed by atoms with van der Waals surface area (Å²) in [5.74, 6) is 1.26. The number of carbonyl (C=O) groups is 1. The molecule has 3 aromatic carbocycles. The second-order valence-electron chi connectivity index (χ2n) is 11.6. The Morgan fingerprint density at radius 2 is 1.90 bits per heavy atom. The molecule has 1 atom stereocenters. The monoisotopic (exact) mass is 572 g/mol. The van der Waals surface area contributed by atoms with E-state index in [0.29, 0.717) is 28.8 Å². The molecule has 1 aromatic heterocycles. The topological polar surface area (TPSA) is 50.7 Å². The lowest BCUT2D eigenvalue weighted by atomic mass is 9.72. The van der Waals surface area contributed by atoms with Crippen molar-refractivity contribution in [2.24, 2.45) is 16.3 Å². The van der Waals surface area contributed by atoms with Crippen LogP contribution < -0.4 is 10.1 Å². The highest BCUT2D eigenvalue weighted by molar-refractivity contribution is 7.16. The molecule has 6 heteroatoms. The van der Waals surface area contributed by atoms with Gasteiger partial charge in [-0.3, -0.25) is 4.79 Å². The Balaban J connectivity index is 1.56. The second kappa shape index (κ2) is 12.2. The largest absolute Gasteiger partial charge is 0.493 e. The lowest BCUT2D eigenvalue weighted by Gasteiger charge is -2.33. The van der Waals surface area contributed by atoms with Crippen LogP contribution in [0.25, 0.3) is 10.8 Å². The van der Waals surface area contributed by atoms with Crippen LogP contribution in [0.2, 0.25) is 5.02 Å². The summed E-state index contributed by atoms with van der Waals surface area (Å²) >= 11 is 7.73. The highest BCUT2D eigenvalue weighted by atomic mass is 35.5. The Morgan fingerprint density at radius 1 is 1.12 bits per heavy atom. The predicted octanol–water partition coefficient (Wildman–Crippen LogP) is 9.89. The maximum Gasteiger partial charge on any atom is 0.259 e. The number of halogens is 1. The van der Waals surface area contributed by atoms with E-state index in [0.717, 1.165) is 64.8 Å². The summed E-state index contributed by atoms with van der Waals surface area (Å²) in [5.41, 5.74) is 3.70. The van der Waals surface area contributed by atoms with E-state index in [4.69, 9.17) is 21.3 Å². The van der Waals surface area contributed by atoms with Crippen molar-refractivity contribution in [3.8, 4) is 5.75 Å². The molecule has 0 aliphatic heterocycles. The standard InChI is InChI=1S/C34H37ClN2O2S/c1-5-6-19-39-29-18-11-22-9-7-8-10-26(22)28(29)21-36-33-31(32(38)37-25-15-13-24(35)14-16-25)27-17-12-23(34(2,3)4)20-30(27)40-33/h7-11,13-16,18,21,23H,5-6,12,17,19-20H2,1-4H3,(H,37,38)/t23-/m1/s1. The zero-order valence-corrected chi connectivity index (χ0v) is 25.3. The number of benzene rings is 3. The van der Waals surface area contributed by atoms with Gasteiger partial charge in [-0.15, -0.1) is 11.3 Å². The lowest BCUT2D eigenvalue weighted by molar-refractivity contribution is 0.102. The summed E-state index contributed by atoms with van der Waals surface area (Å²) in [4.78, 5) is 20.1. The molecule has 4 aromatic rings. The van der Waals surface area contributed by atoms with E-state index in [9.17, 15) is 4.79 Å². The van der Waals surface area contributed by atoms with Crippen molar-refractivity contribution < 1.29 is 9.53 Å². The Bertz CT molecular complexity index is 1530. The van der Waals surface area contributed by atoms with Crippen LogP contribution >= 0.6 is 22.9 Å². The van der Waals surface area contributed by atoms with Gasteiger partial charge in [-0.25, -0.2) is 4.99 Å². The minimum absolute atomic E-state index is 0.126. The zero-order valence-electron chi connectivity index (χ0n) is 23.7. The number of ether oxygens (including phenoxy) is 1. The number of nitrogens with one attached hydrogen (secondary N) is 1. The molecule has 0 saturated carbocycles. The fraction of sp³-hybridized carbons (Fsp3) is 0.353. The fourth-order valence-corrected chi connectivity index (χ4v) is 6.74. The van der Waals surface area contributed by atoms with E-state index in [1.165, 1.54) is 4.88 Å². The minimum atomic E-state index is -0.126. The number of aliphatic imine (C=N–C) groups is 1. The van der Waals surface area contributed by atoms with Crippen molar-refractivity contribution in [1.82, 2.24) is 0 Å². The molecule has 1 aliphatic carbocycles. The van der Waals surface area contributed by atoms with E-state index < -0.39 is 0 Å². The first kappa shape index (κ1) is 28.4. The zero-order chi connectivity index (χ0) is 28.3. The van der Waals surface area contributed by atoms with Crippen molar-refractivity contribution in [3.63, 3.8) is 0 Å². The number of thiophene rings is 1. The second-order valence-corrected chi connectivity index (χ2v) is 13.1. The highest BCUT2D eigenvalue weighted by Gasteiger charge is 2.33. The summed E-state index contributed by atoms with van der Waals surface area (Å²) in [6.45, 7) is 9.75. The van der Waals surface area contributed by atoms with Crippen LogP contribution in [-0.4, -0.2) is 18.7 Å². The van der Waals surface area contributed by atoms with E-state index in [1.54, 1.807) is 23.5 Å². The Hall–Kier alpha value is -3.15. The van der Waals surface area contributed by atoms with Crippen LogP contribution in [0.3, 0.4) is 0 Å². The Kier molecular flexibility index (Phi) is 8.62. The number of unbranched alkanes of at least 4 members (excludes halogenated alkanes) is 1. The van der Waals surface area contributed by atoms with E-state index in [1.807, 2.05) is 36.5 Å². The quantitative estimate of drug-likeness (QED) is 0.169. The van der Waals surface area contributed by atoms with Crippen molar-refractivity contribution in [1.29, 1.82) is 0 Å². The van der Waals surface area contributed by atoms with Gasteiger partial charge in [0.2, 0.25) is 0 Å². The van der Waals surface area contributed by atoms with Crippen LogP contribution in [0.15, 0.2) is 65.7 Å². The third-order valence-electron chi connectivity index (χ3n) is 7.80. The van der Waals surface area contributed by atoms with Gasteiger partial charge in [0.15, 0.2) is 0 Å². The molecular weight excluding hydrogens is 536 g/mol. The van der Waals surface area contributed by atoms with Gasteiger partial charge in [0.1, 0.15) is 10.8 Å². The fourth-order valence-electron chi connectivity index (χ4n) is 5.35. The Morgan fingerprint density at radius 3 is 2.65 bits per heavy atom. The number of anilines is 1. The molecule has 0 spiro atoms. The Labute approximate surface area is 246 Å². The first-order valence-electron chi connectivity index (χ1n) is 14.1. The molecule has 0 unspecified atom stereocenters. The van der Waals surface area contributed by atoms with Gasteiger partial charge in [0.05, 0.1) is 12.2 Å². The number of amides is 1. The number of hydrogen-bond acceptors (Lipinski definition) is 4. The summed E-state index contributed by atoms with van der Waals surface area (Å²) in [5, 5.41) is 6.69. The summed E-state index contributed by atoms with van der Waals surface area (Å²) in [6.07, 6.45) is 6.87. The van der Waals surface area contributed by atoms with Gasteiger partial charge in [-0.05, 0) is 83.7 Å². The van der Waals surface area contributed by atoms with Gasteiger partial charge in [0, 0.05) is 27.4 Å². The number of hydrogen-bond donors (Lipinski definition) is 1. The SMILES string of the molecule is CCCCOc1ccc2ccccc2c1C=Nc1sc2c(c1C(=O)Nc1ccc(Cl)cc1)CC[C@@H](C(C)(C)C)C2. The van der Waals surface area contributed by atoms with Gasteiger partial charge in [0.25, 0.3) is 5.91 Å². The smallest absolute Gasteiger partial charge is 0.259 e. The molecule has 1 amide bonds. The molecule has 0 saturated heterocycles. The third kappa shape index (κ3) is 6.26. The molecule has 208 valence electrons. The molecule has 40 heavy (non-hydrogen) atoms. The molecule has 4 nitrogen and oxygen atoms in total. The van der Waals surface area contributed by atoms with Crippen LogP contribution in [-0.2, 0) is 12.8 Å². The van der Waals surface area contributed by atoms with E-state index in [-0.39, 0.29) is 11.3 Å². The van der Waals surface area contributed by atoms with Crippen molar-refractivity contribution in [2.75, 3.05) is 11.9 Å². The first-order valence-corrected chi connectivity index (χ1v) is 15.3. The number of fused-ring (bicyclic) bond motifs is 2. The number of nitrogens with zero attached hydrogens (tertiary/aromatic N) is 1. The molecule has 0 bridgehead atoms. The molecule has 0 radical (unpaired) electrons. The van der Waals surface area contributed by atoms with Crippen LogP contribution in [0.1, 0.15) is 73.3 Å². The summed E-state index contributed by atoms with van der Waals surface area (Å²) in [6, 6.07) is 19.6. The minimum Gasteiger partial charge on any atom is -0.493 e. The lowest BCUT2D eigenvalue weighted by Crippen LogP contribution is -2.27. The third-order valence-corrected chi connectivity index (χ3v) is 9.21. The maximum absolute atomic E-state index is 13.8. The average Bonchev–Trinajstić information content (AvgIpc) is 3.31. The van der Waals surface area contributed by atoms with Gasteiger partial charge < -0.3 is 10.1 Å². The molecule has 5 rings (SSSR count). The van der Waals surface area contributed by atoms with Gasteiger partial charge >= 0.3 is 0 Å². The van der Waals surface area contributed by atoms with Gasteiger partial charge in [-0.1, -0.05) is 76.0 Å². The van der Waals surface area contributed by atoms with Crippen molar-refractivity contribution in [3.05, 3.63) is 87.3 Å². The van der Waals surface area contributed by atoms with Crippen LogP contribution in [0.4, 0.5) is 10.7 Å². The number of rotatable bonds is 8. The van der Waals surface area contributed by atoms with Crippen LogP contribution in [0, 0.1) is 11.3 Å². The van der Waals surface area contributed by atoms with E-state index >= 15 is 0 Å². The first-order chi connectivity index (χ1) is 19.2. The van der Waals surface area contributed by atoms with E-state index in [2.05, 4.69) is 51.2 Å².